The van der Waals surface area contributed by atoms with Gasteiger partial charge in [-0.3, -0.25) is 4.90 Å². The van der Waals surface area contributed by atoms with Crippen molar-refractivity contribution in [2.24, 2.45) is 0 Å². The van der Waals surface area contributed by atoms with Gasteiger partial charge in [0.15, 0.2) is 11.5 Å². The minimum atomic E-state index is 0.102. The molecule has 0 N–H and O–H groups in total. The molecule has 2 aliphatic rings. The monoisotopic (exact) mass is 357 g/mol. The van der Waals surface area contributed by atoms with Crippen LogP contribution in [0.15, 0.2) is 36.7 Å². The lowest BCUT2D eigenvalue weighted by atomic mass is 9.95. The summed E-state index contributed by atoms with van der Waals surface area (Å²) in [5.41, 5.74) is 0. The van der Waals surface area contributed by atoms with Crippen molar-refractivity contribution in [3.63, 3.8) is 0 Å². The molecule has 3 heterocycles. The van der Waals surface area contributed by atoms with Crippen molar-refractivity contribution in [1.82, 2.24) is 14.5 Å². The van der Waals surface area contributed by atoms with Gasteiger partial charge in [-0.25, -0.2) is 4.98 Å². The summed E-state index contributed by atoms with van der Waals surface area (Å²) in [7, 11) is 1.74. The van der Waals surface area contributed by atoms with Crippen molar-refractivity contribution in [3.8, 4) is 11.5 Å². The predicted octanol–water partition coefficient (Wildman–Crippen LogP) is 2.55. The van der Waals surface area contributed by atoms with E-state index in [0.717, 1.165) is 57.1 Å². The molecule has 1 aromatic heterocycles. The Morgan fingerprint density at radius 1 is 1.19 bits per heavy atom. The minimum Gasteiger partial charge on any atom is -0.486 e. The molecule has 0 radical (unpaired) electrons. The van der Waals surface area contributed by atoms with E-state index in [0.29, 0.717) is 12.5 Å². The van der Waals surface area contributed by atoms with E-state index in [1.54, 1.807) is 7.11 Å². The van der Waals surface area contributed by atoms with Gasteiger partial charge in [0.05, 0.1) is 6.61 Å². The van der Waals surface area contributed by atoms with Gasteiger partial charge in [0.1, 0.15) is 18.5 Å². The summed E-state index contributed by atoms with van der Waals surface area (Å²) in [5.74, 6) is 3.44. The zero-order chi connectivity index (χ0) is 17.8. The summed E-state index contributed by atoms with van der Waals surface area (Å²) >= 11 is 0. The van der Waals surface area contributed by atoms with E-state index in [2.05, 4.69) is 20.6 Å². The summed E-state index contributed by atoms with van der Waals surface area (Å²) in [6.45, 7) is 5.28. The molecule has 2 aromatic rings. The van der Waals surface area contributed by atoms with E-state index in [-0.39, 0.29) is 6.10 Å². The van der Waals surface area contributed by atoms with Crippen molar-refractivity contribution in [2.45, 2.75) is 31.4 Å². The Morgan fingerprint density at radius 3 is 2.81 bits per heavy atom. The van der Waals surface area contributed by atoms with E-state index in [4.69, 9.17) is 14.2 Å². The van der Waals surface area contributed by atoms with Gasteiger partial charge in [-0.05, 0) is 38.1 Å². The third-order valence-electron chi connectivity index (χ3n) is 5.27. The summed E-state index contributed by atoms with van der Waals surface area (Å²) < 4.78 is 19.4. The average Bonchev–Trinajstić information content (AvgIpc) is 3.15. The molecule has 2 aliphatic heterocycles. The Bertz CT molecular complexity index is 710. The second-order valence-electron chi connectivity index (χ2n) is 7.04. The van der Waals surface area contributed by atoms with Gasteiger partial charge < -0.3 is 18.8 Å². The maximum Gasteiger partial charge on any atom is 0.161 e. The molecule has 6 nitrogen and oxygen atoms in total. The molecule has 0 bridgehead atoms. The average molecular weight is 357 g/mol. The number of fused-ring (bicyclic) bond motifs is 1. The zero-order valence-electron chi connectivity index (χ0n) is 15.3. The molecular weight excluding hydrogens is 330 g/mol. The molecule has 1 unspecified atom stereocenters. The number of likely N-dealkylation sites (tertiary alicyclic amines) is 1. The van der Waals surface area contributed by atoms with Gasteiger partial charge in [0.2, 0.25) is 0 Å². The van der Waals surface area contributed by atoms with Crippen molar-refractivity contribution in [3.05, 3.63) is 42.5 Å². The number of piperidine rings is 1. The predicted molar refractivity (Wildman–Crippen MR) is 98.9 cm³/mol. The van der Waals surface area contributed by atoms with Gasteiger partial charge in [0.25, 0.3) is 0 Å². The Balaban J connectivity index is 1.29. The van der Waals surface area contributed by atoms with Crippen LogP contribution in [0.2, 0.25) is 0 Å². The molecular formula is C20H27N3O3. The number of benzene rings is 1. The molecule has 0 aliphatic carbocycles. The quantitative estimate of drug-likeness (QED) is 0.795. The molecule has 26 heavy (non-hydrogen) atoms. The fraction of sp³-hybridized carbons (Fsp3) is 0.550. The molecule has 1 atom stereocenters. The minimum absolute atomic E-state index is 0.102. The second-order valence-corrected chi connectivity index (χ2v) is 7.04. The van der Waals surface area contributed by atoms with Crippen LogP contribution in [-0.2, 0) is 11.3 Å². The number of hydrogen-bond donors (Lipinski definition) is 0. The Kier molecular flexibility index (Phi) is 5.41. The molecule has 1 fully saturated rings. The van der Waals surface area contributed by atoms with E-state index in [1.165, 1.54) is 5.82 Å². The van der Waals surface area contributed by atoms with E-state index in [1.807, 2.05) is 30.5 Å². The van der Waals surface area contributed by atoms with Crippen molar-refractivity contribution in [1.29, 1.82) is 0 Å². The number of methoxy groups -OCH3 is 1. The zero-order valence-corrected chi connectivity index (χ0v) is 15.3. The number of aromatic nitrogens is 2. The van der Waals surface area contributed by atoms with Gasteiger partial charge in [-0.2, -0.15) is 0 Å². The number of hydrogen-bond acceptors (Lipinski definition) is 5. The molecule has 4 rings (SSSR count). The van der Waals surface area contributed by atoms with Crippen LogP contribution in [0.5, 0.6) is 11.5 Å². The van der Waals surface area contributed by atoms with E-state index in [9.17, 15) is 0 Å². The highest BCUT2D eigenvalue weighted by molar-refractivity contribution is 5.40. The first kappa shape index (κ1) is 17.4. The molecule has 6 heteroatoms. The van der Waals surface area contributed by atoms with Crippen molar-refractivity contribution in [2.75, 3.05) is 40.0 Å². The van der Waals surface area contributed by atoms with E-state index < -0.39 is 0 Å². The first-order valence-electron chi connectivity index (χ1n) is 9.44. The Labute approximate surface area is 154 Å². The third kappa shape index (κ3) is 3.86. The Morgan fingerprint density at radius 2 is 2.00 bits per heavy atom. The number of nitrogens with zero attached hydrogens (tertiary/aromatic N) is 3. The molecule has 1 aromatic carbocycles. The van der Waals surface area contributed by atoms with Crippen molar-refractivity contribution >= 4 is 0 Å². The first-order valence-corrected chi connectivity index (χ1v) is 9.44. The van der Waals surface area contributed by atoms with Crippen LogP contribution in [0.4, 0.5) is 0 Å². The van der Waals surface area contributed by atoms with E-state index >= 15 is 0 Å². The fourth-order valence-corrected chi connectivity index (χ4v) is 3.87. The highest BCUT2D eigenvalue weighted by Gasteiger charge is 2.28. The molecule has 0 amide bonds. The SMILES string of the molecule is COCCn1ccnc1C1CCN(CC2COc3ccccc3O2)CC1. The normalized spacial score (nSPS) is 21.0. The number of imidazole rings is 1. The van der Waals surface area contributed by atoms with Crippen molar-refractivity contribution < 1.29 is 14.2 Å². The maximum atomic E-state index is 6.10. The lowest BCUT2D eigenvalue weighted by Crippen LogP contribution is -2.44. The molecule has 140 valence electrons. The van der Waals surface area contributed by atoms with Crippen LogP contribution >= 0.6 is 0 Å². The molecule has 1 saturated heterocycles. The number of para-hydroxylation sites is 2. The van der Waals surface area contributed by atoms with Gasteiger partial charge >= 0.3 is 0 Å². The van der Waals surface area contributed by atoms with Gasteiger partial charge in [0, 0.05) is 38.5 Å². The van der Waals surface area contributed by atoms with Crippen LogP contribution < -0.4 is 9.47 Å². The highest BCUT2D eigenvalue weighted by atomic mass is 16.6. The Hall–Kier alpha value is -2.05. The lowest BCUT2D eigenvalue weighted by Gasteiger charge is -2.35. The van der Waals surface area contributed by atoms with Crippen LogP contribution in [0.3, 0.4) is 0 Å². The summed E-state index contributed by atoms with van der Waals surface area (Å²) in [6.07, 6.45) is 6.33. The second kappa shape index (κ2) is 8.10. The molecule has 0 saturated carbocycles. The number of rotatable bonds is 6. The van der Waals surface area contributed by atoms with Gasteiger partial charge in [-0.1, -0.05) is 12.1 Å². The number of ether oxygens (including phenoxy) is 3. The summed E-state index contributed by atoms with van der Waals surface area (Å²) in [5, 5.41) is 0. The van der Waals surface area contributed by atoms with Crippen LogP contribution in [0.25, 0.3) is 0 Å². The van der Waals surface area contributed by atoms with Crippen LogP contribution in [0, 0.1) is 0 Å². The lowest BCUT2D eigenvalue weighted by molar-refractivity contribution is 0.0509. The molecule has 0 spiro atoms. The maximum absolute atomic E-state index is 6.10. The third-order valence-corrected chi connectivity index (χ3v) is 5.27. The van der Waals surface area contributed by atoms with Crippen LogP contribution in [-0.4, -0.2) is 60.5 Å². The smallest absolute Gasteiger partial charge is 0.161 e. The van der Waals surface area contributed by atoms with Crippen LogP contribution in [0.1, 0.15) is 24.6 Å². The standard InChI is InChI=1S/C20H27N3O3/c1-24-13-12-23-11-8-21-20(23)16-6-9-22(10-7-16)14-17-15-25-18-4-2-3-5-19(18)26-17/h2-5,8,11,16-17H,6-7,9-10,12-15H2,1H3. The first-order chi connectivity index (χ1) is 12.8. The summed E-state index contributed by atoms with van der Waals surface area (Å²) in [4.78, 5) is 7.09. The van der Waals surface area contributed by atoms with Gasteiger partial charge in [-0.15, -0.1) is 0 Å². The summed E-state index contributed by atoms with van der Waals surface area (Å²) in [6, 6.07) is 7.90. The fourth-order valence-electron chi connectivity index (χ4n) is 3.87. The largest absolute Gasteiger partial charge is 0.486 e. The topological polar surface area (TPSA) is 48.8 Å². The highest BCUT2D eigenvalue weighted by Crippen LogP contribution is 2.32.